The van der Waals surface area contributed by atoms with E-state index >= 15 is 0 Å². The van der Waals surface area contributed by atoms with Crippen molar-refractivity contribution in [3.8, 4) is 5.75 Å². The minimum Gasteiger partial charge on any atom is -0.476 e. The molecular weight excluding hydrogens is 288 g/mol. The maximum atomic E-state index is 12.8. The van der Waals surface area contributed by atoms with E-state index in [9.17, 15) is 4.79 Å². The zero-order valence-corrected chi connectivity index (χ0v) is 14.5. The van der Waals surface area contributed by atoms with E-state index in [0.29, 0.717) is 5.92 Å². The Morgan fingerprint density at radius 2 is 2.09 bits per heavy atom. The van der Waals surface area contributed by atoms with Crippen LogP contribution in [0.2, 0.25) is 0 Å². The van der Waals surface area contributed by atoms with Gasteiger partial charge < -0.3 is 15.4 Å². The van der Waals surface area contributed by atoms with Crippen molar-refractivity contribution >= 4 is 11.6 Å². The average molecular weight is 316 g/mol. The predicted octanol–water partition coefficient (Wildman–Crippen LogP) is 3.79. The second-order valence-electron chi connectivity index (χ2n) is 7.37. The number of carbonyl (C=O) groups is 1. The lowest BCUT2D eigenvalue weighted by Gasteiger charge is -2.39. The van der Waals surface area contributed by atoms with Crippen molar-refractivity contribution < 1.29 is 9.53 Å². The Morgan fingerprint density at radius 1 is 1.35 bits per heavy atom. The summed E-state index contributed by atoms with van der Waals surface area (Å²) in [6.07, 6.45) is 5.70. The number of hydrogen-bond acceptors (Lipinski definition) is 3. The van der Waals surface area contributed by atoms with Crippen LogP contribution in [0.15, 0.2) is 18.2 Å². The summed E-state index contributed by atoms with van der Waals surface area (Å²) in [5, 5.41) is 0. The number of benzene rings is 1. The second kappa shape index (κ2) is 6.16. The number of amides is 1. The van der Waals surface area contributed by atoms with Gasteiger partial charge in [-0.05, 0) is 56.7 Å². The topological polar surface area (TPSA) is 55.6 Å². The standard InChI is InChI=1S/C19H28N2O2/c1-4-5-6-11-21-15-12-14(17(20)13-7-8-13)9-10-16(15)23-19(2,3)18(21)22/h9-10,12-13,17H,4-8,11,20H2,1-3H3. The van der Waals surface area contributed by atoms with Crippen molar-refractivity contribution in [1.29, 1.82) is 0 Å². The van der Waals surface area contributed by atoms with E-state index in [1.807, 2.05) is 24.8 Å². The van der Waals surface area contributed by atoms with Crippen molar-refractivity contribution in [3.63, 3.8) is 0 Å². The van der Waals surface area contributed by atoms with Crippen LogP contribution in [-0.4, -0.2) is 18.1 Å². The molecule has 1 saturated carbocycles. The Hall–Kier alpha value is -1.55. The molecule has 1 atom stereocenters. The van der Waals surface area contributed by atoms with E-state index in [-0.39, 0.29) is 11.9 Å². The smallest absolute Gasteiger partial charge is 0.270 e. The third kappa shape index (κ3) is 3.23. The van der Waals surface area contributed by atoms with Crippen molar-refractivity contribution in [3.05, 3.63) is 23.8 Å². The molecule has 0 aromatic heterocycles. The number of hydrogen-bond donors (Lipinski definition) is 1. The number of anilines is 1. The number of carbonyl (C=O) groups excluding carboxylic acids is 1. The normalized spacial score (nSPS) is 20.9. The van der Waals surface area contributed by atoms with Crippen LogP contribution in [0.25, 0.3) is 0 Å². The molecule has 2 N–H and O–H groups in total. The molecule has 1 fully saturated rings. The highest BCUT2D eigenvalue weighted by atomic mass is 16.5. The monoisotopic (exact) mass is 316 g/mol. The molecule has 1 aromatic carbocycles. The van der Waals surface area contributed by atoms with Crippen LogP contribution >= 0.6 is 0 Å². The highest BCUT2D eigenvalue weighted by Gasteiger charge is 2.41. The van der Waals surface area contributed by atoms with Crippen molar-refractivity contribution in [2.24, 2.45) is 11.7 Å². The maximum Gasteiger partial charge on any atom is 0.270 e. The second-order valence-corrected chi connectivity index (χ2v) is 7.37. The third-order valence-electron chi connectivity index (χ3n) is 4.90. The number of fused-ring (bicyclic) bond motifs is 1. The lowest BCUT2D eigenvalue weighted by molar-refractivity contribution is -0.132. The lowest BCUT2D eigenvalue weighted by atomic mass is 9.98. The zero-order valence-electron chi connectivity index (χ0n) is 14.5. The Kier molecular flexibility index (Phi) is 4.37. The van der Waals surface area contributed by atoms with Crippen LogP contribution in [0.3, 0.4) is 0 Å². The summed E-state index contributed by atoms with van der Waals surface area (Å²) in [7, 11) is 0. The Balaban J connectivity index is 1.91. The van der Waals surface area contributed by atoms with Crippen LogP contribution in [-0.2, 0) is 4.79 Å². The van der Waals surface area contributed by atoms with Crippen LogP contribution in [0.5, 0.6) is 5.75 Å². The molecule has 0 radical (unpaired) electrons. The maximum absolute atomic E-state index is 12.8. The fraction of sp³-hybridized carbons (Fsp3) is 0.632. The molecule has 1 unspecified atom stereocenters. The van der Waals surface area contributed by atoms with Gasteiger partial charge in [-0.15, -0.1) is 0 Å². The minimum absolute atomic E-state index is 0.0400. The van der Waals surface area contributed by atoms with Crippen LogP contribution < -0.4 is 15.4 Å². The van der Waals surface area contributed by atoms with E-state index in [1.54, 1.807) is 0 Å². The fourth-order valence-electron chi connectivity index (χ4n) is 3.26. The van der Waals surface area contributed by atoms with Gasteiger partial charge in [-0.25, -0.2) is 0 Å². The number of nitrogens with two attached hydrogens (primary N) is 1. The average Bonchev–Trinajstić information content (AvgIpc) is 3.35. The molecule has 1 amide bonds. The molecule has 1 aliphatic heterocycles. The molecule has 0 bridgehead atoms. The van der Waals surface area contributed by atoms with E-state index in [1.165, 1.54) is 12.8 Å². The van der Waals surface area contributed by atoms with Gasteiger partial charge in [0.15, 0.2) is 5.60 Å². The molecular formula is C19H28N2O2. The Morgan fingerprint density at radius 3 is 2.74 bits per heavy atom. The zero-order chi connectivity index (χ0) is 16.6. The number of unbranched alkanes of at least 4 members (excludes halogenated alkanes) is 2. The van der Waals surface area contributed by atoms with E-state index in [4.69, 9.17) is 10.5 Å². The quantitative estimate of drug-likeness (QED) is 0.812. The number of nitrogens with zero attached hydrogens (tertiary/aromatic N) is 1. The van der Waals surface area contributed by atoms with Gasteiger partial charge >= 0.3 is 0 Å². The van der Waals surface area contributed by atoms with Gasteiger partial charge in [0.05, 0.1) is 5.69 Å². The van der Waals surface area contributed by atoms with Gasteiger partial charge in [-0.3, -0.25) is 4.79 Å². The molecule has 4 heteroatoms. The van der Waals surface area contributed by atoms with Crippen molar-refractivity contribution in [2.75, 3.05) is 11.4 Å². The molecule has 0 saturated heterocycles. The first-order valence-electron chi connectivity index (χ1n) is 8.84. The molecule has 1 heterocycles. The molecule has 4 nitrogen and oxygen atoms in total. The molecule has 126 valence electrons. The lowest BCUT2D eigenvalue weighted by Crippen LogP contribution is -2.52. The van der Waals surface area contributed by atoms with E-state index in [0.717, 1.165) is 42.8 Å². The van der Waals surface area contributed by atoms with Gasteiger partial charge in [-0.1, -0.05) is 25.8 Å². The van der Waals surface area contributed by atoms with Crippen LogP contribution in [0.4, 0.5) is 5.69 Å². The molecule has 0 spiro atoms. The van der Waals surface area contributed by atoms with Gasteiger partial charge in [-0.2, -0.15) is 0 Å². The largest absolute Gasteiger partial charge is 0.476 e. The summed E-state index contributed by atoms with van der Waals surface area (Å²) >= 11 is 0. The van der Waals surface area contributed by atoms with E-state index < -0.39 is 5.60 Å². The minimum atomic E-state index is -0.806. The molecule has 2 aliphatic rings. The fourth-order valence-corrected chi connectivity index (χ4v) is 3.26. The SMILES string of the molecule is CCCCCN1C(=O)C(C)(C)Oc2ccc(C(N)C3CC3)cc21. The van der Waals surface area contributed by atoms with Crippen molar-refractivity contribution in [1.82, 2.24) is 0 Å². The molecule has 1 aromatic rings. The predicted molar refractivity (Wildman–Crippen MR) is 92.7 cm³/mol. The van der Waals surface area contributed by atoms with E-state index in [2.05, 4.69) is 19.1 Å². The van der Waals surface area contributed by atoms with Gasteiger partial charge in [0, 0.05) is 12.6 Å². The van der Waals surface area contributed by atoms with Crippen LogP contribution in [0.1, 0.15) is 64.5 Å². The van der Waals surface area contributed by atoms with Gasteiger partial charge in [0.2, 0.25) is 0 Å². The first kappa shape index (κ1) is 16.3. The summed E-state index contributed by atoms with van der Waals surface area (Å²) in [6.45, 7) is 6.60. The first-order chi connectivity index (χ1) is 10.9. The highest BCUT2D eigenvalue weighted by Crippen LogP contribution is 2.43. The Bertz CT molecular complexity index is 593. The summed E-state index contributed by atoms with van der Waals surface area (Å²) in [6, 6.07) is 6.17. The van der Waals surface area contributed by atoms with Crippen LogP contribution in [0, 0.1) is 5.92 Å². The first-order valence-corrected chi connectivity index (χ1v) is 8.84. The third-order valence-corrected chi connectivity index (χ3v) is 4.90. The number of ether oxygens (including phenoxy) is 1. The summed E-state index contributed by atoms with van der Waals surface area (Å²) < 4.78 is 5.95. The summed E-state index contributed by atoms with van der Waals surface area (Å²) in [5.74, 6) is 1.43. The number of rotatable bonds is 6. The van der Waals surface area contributed by atoms with Gasteiger partial charge in [0.1, 0.15) is 5.75 Å². The highest BCUT2D eigenvalue weighted by molar-refractivity contribution is 6.02. The van der Waals surface area contributed by atoms with Gasteiger partial charge in [0.25, 0.3) is 5.91 Å². The molecule has 23 heavy (non-hydrogen) atoms. The molecule has 3 rings (SSSR count). The molecule has 1 aliphatic carbocycles. The Labute approximate surface area is 139 Å². The van der Waals surface area contributed by atoms with Crippen molar-refractivity contribution in [2.45, 2.75) is 64.5 Å². The summed E-state index contributed by atoms with van der Waals surface area (Å²) in [5.41, 5.74) is 7.54. The summed E-state index contributed by atoms with van der Waals surface area (Å²) in [4.78, 5) is 14.7.